The lowest BCUT2D eigenvalue weighted by Crippen LogP contribution is -2.30. The predicted molar refractivity (Wildman–Crippen MR) is 92.9 cm³/mol. The van der Waals surface area contributed by atoms with E-state index in [1.54, 1.807) is 24.3 Å². The second-order valence-corrected chi connectivity index (χ2v) is 6.02. The first-order chi connectivity index (χ1) is 11.1. The number of benzene rings is 2. The lowest BCUT2D eigenvalue weighted by atomic mass is 10.0. The van der Waals surface area contributed by atoms with Gasteiger partial charge >= 0.3 is 0 Å². The molecule has 0 spiro atoms. The molecule has 1 amide bonds. The molecule has 1 N–H and O–H groups in total. The maximum absolute atomic E-state index is 12.2. The van der Waals surface area contributed by atoms with Crippen LogP contribution in [0.4, 0.5) is 0 Å². The SMILES string of the molecule is O=C(/C=C/c1c(Cl)cccc1Cl)N[C@@H]1CCOc2ccccc21. The van der Waals surface area contributed by atoms with E-state index in [0.29, 0.717) is 22.2 Å². The monoisotopic (exact) mass is 347 g/mol. The van der Waals surface area contributed by atoms with E-state index in [1.807, 2.05) is 24.3 Å². The summed E-state index contributed by atoms with van der Waals surface area (Å²) in [6, 6.07) is 12.9. The number of halogens is 2. The van der Waals surface area contributed by atoms with Gasteiger partial charge in [-0.05, 0) is 24.3 Å². The maximum Gasteiger partial charge on any atom is 0.244 e. The van der Waals surface area contributed by atoms with Gasteiger partial charge in [-0.2, -0.15) is 0 Å². The fourth-order valence-corrected chi connectivity index (χ4v) is 3.06. The Morgan fingerprint density at radius 3 is 2.65 bits per heavy atom. The number of fused-ring (bicyclic) bond motifs is 1. The van der Waals surface area contributed by atoms with Crippen molar-refractivity contribution in [1.82, 2.24) is 5.32 Å². The van der Waals surface area contributed by atoms with Gasteiger partial charge in [0.25, 0.3) is 0 Å². The van der Waals surface area contributed by atoms with E-state index in [9.17, 15) is 4.79 Å². The molecular formula is C18H15Cl2NO2. The van der Waals surface area contributed by atoms with Gasteiger partial charge in [0.1, 0.15) is 5.75 Å². The summed E-state index contributed by atoms with van der Waals surface area (Å²) in [6.45, 7) is 0.585. The van der Waals surface area contributed by atoms with E-state index in [-0.39, 0.29) is 11.9 Å². The number of rotatable bonds is 3. The summed E-state index contributed by atoms with van der Waals surface area (Å²) in [5.74, 6) is 0.630. The zero-order valence-electron chi connectivity index (χ0n) is 12.3. The summed E-state index contributed by atoms with van der Waals surface area (Å²) in [5.41, 5.74) is 1.63. The maximum atomic E-state index is 12.2. The molecule has 0 unspecified atom stereocenters. The Morgan fingerprint density at radius 1 is 1.13 bits per heavy atom. The van der Waals surface area contributed by atoms with E-state index < -0.39 is 0 Å². The van der Waals surface area contributed by atoms with Gasteiger partial charge in [0.2, 0.25) is 5.91 Å². The van der Waals surface area contributed by atoms with Crippen LogP contribution in [-0.4, -0.2) is 12.5 Å². The smallest absolute Gasteiger partial charge is 0.244 e. The van der Waals surface area contributed by atoms with Crippen LogP contribution < -0.4 is 10.1 Å². The highest BCUT2D eigenvalue weighted by Crippen LogP contribution is 2.31. The standard InChI is InChI=1S/C18H15Cl2NO2/c19-14-5-3-6-15(20)12(14)8-9-18(22)21-16-10-11-23-17-7-2-1-4-13(16)17/h1-9,16H,10-11H2,(H,21,22)/b9-8+/t16-/m1/s1. The summed E-state index contributed by atoms with van der Waals surface area (Å²) < 4.78 is 5.59. The van der Waals surface area contributed by atoms with Crippen LogP contribution in [0.1, 0.15) is 23.6 Å². The third-order valence-electron chi connectivity index (χ3n) is 3.68. The van der Waals surface area contributed by atoms with Crippen molar-refractivity contribution in [3.05, 3.63) is 69.7 Å². The Kier molecular flexibility index (Phi) is 4.89. The van der Waals surface area contributed by atoms with Gasteiger partial charge in [0.05, 0.1) is 12.6 Å². The molecule has 0 fully saturated rings. The minimum absolute atomic E-state index is 0.0567. The summed E-state index contributed by atoms with van der Waals surface area (Å²) >= 11 is 12.2. The molecule has 0 saturated heterocycles. The van der Waals surface area contributed by atoms with Gasteiger partial charge < -0.3 is 10.1 Å². The van der Waals surface area contributed by atoms with Gasteiger partial charge in [0.15, 0.2) is 0 Å². The van der Waals surface area contributed by atoms with Gasteiger partial charge in [-0.1, -0.05) is 47.5 Å². The van der Waals surface area contributed by atoms with E-state index >= 15 is 0 Å². The predicted octanol–water partition coefficient (Wildman–Crippen LogP) is 4.65. The van der Waals surface area contributed by atoms with E-state index in [4.69, 9.17) is 27.9 Å². The number of nitrogens with one attached hydrogen (secondary N) is 1. The first-order valence-corrected chi connectivity index (χ1v) is 8.05. The van der Waals surface area contributed by atoms with Crippen molar-refractivity contribution in [3.8, 4) is 5.75 Å². The fraction of sp³-hybridized carbons (Fsp3) is 0.167. The summed E-state index contributed by atoms with van der Waals surface area (Å²) in [5, 5.41) is 4.02. The summed E-state index contributed by atoms with van der Waals surface area (Å²) in [4.78, 5) is 12.2. The normalized spacial score (nSPS) is 16.7. The molecule has 23 heavy (non-hydrogen) atoms. The molecule has 1 aliphatic heterocycles. The van der Waals surface area contributed by atoms with Crippen molar-refractivity contribution in [1.29, 1.82) is 0 Å². The van der Waals surface area contributed by atoms with Crippen LogP contribution in [-0.2, 0) is 4.79 Å². The second-order valence-electron chi connectivity index (χ2n) is 5.20. The van der Waals surface area contributed by atoms with E-state index in [2.05, 4.69) is 5.32 Å². The first kappa shape index (κ1) is 15.9. The molecule has 3 rings (SSSR count). The zero-order valence-corrected chi connectivity index (χ0v) is 13.8. The molecule has 0 saturated carbocycles. The largest absolute Gasteiger partial charge is 0.493 e. The van der Waals surface area contributed by atoms with Crippen molar-refractivity contribution >= 4 is 35.2 Å². The average Bonchev–Trinajstić information content (AvgIpc) is 2.55. The molecule has 0 aliphatic carbocycles. The zero-order chi connectivity index (χ0) is 16.2. The van der Waals surface area contributed by atoms with Gasteiger partial charge in [0, 0.05) is 33.7 Å². The Bertz CT molecular complexity index is 738. The van der Waals surface area contributed by atoms with Gasteiger partial charge in [-0.25, -0.2) is 0 Å². The van der Waals surface area contributed by atoms with Crippen LogP contribution in [0.15, 0.2) is 48.5 Å². The van der Waals surface area contributed by atoms with Crippen molar-refractivity contribution in [2.75, 3.05) is 6.61 Å². The third kappa shape index (κ3) is 3.69. The molecule has 0 bridgehead atoms. The minimum Gasteiger partial charge on any atom is -0.493 e. The summed E-state index contributed by atoms with van der Waals surface area (Å²) in [7, 11) is 0. The van der Waals surface area contributed by atoms with Crippen molar-refractivity contribution in [2.45, 2.75) is 12.5 Å². The lowest BCUT2D eigenvalue weighted by Gasteiger charge is -2.26. The Morgan fingerprint density at radius 2 is 1.87 bits per heavy atom. The molecule has 0 radical (unpaired) electrons. The second kappa shape index (κ2) is 7.07. The number of carbonyl (C=O) groups is 1. The average molecular weight is 348 g/mol. The van der Waals surface area contributed by atoms with Crippen molar-refractivity contribution < 1.29 is 9.53 Å². The molecule has 118 valence electrons. The molecule has 1 atom stereocenters. The highest BCUT2D eigenvalue weighted by atomic mass is 35.5. The first-order valence-electron chi connectivity index (χ1n) is 7.29. The number of para-hydroxylation sites is 1. The quantitative estimate of drug-likeness (QED) is 0.821. The molecule has 5 heteroatoms. The summed E-state index contributed by atoms with van der Waals surface area (Å²) in [6.07, 6.45) is 3.82. The molecule has 2 aromatic carbocycles. The molecule has 0 aromatic heterocycles. The lowest BCUT2D eigenvalue weighted by molar-refractivity contribution is -0.117. The van der Waals surface area contributed by atoms with Gasteiger partial charge in [-0.3, -0.25) is 4.79 Å². The number of ether oxygens (including phenoxy) is 1. The molecule has 2 aromatic rings. The van der Waals surface area contributed by atoms with Crippen LogP contribution in [0.2, 0.25) is 10.0 Å². The van der Waals surface area contributed by atoms with Crippen LogP contribution in [0, 0.1) is 0 Å². The number of hydrogen-bond donors (Lipinski definition) is 1. The van der Waals surface area contributed by atoms with E-state index in [1.165, 1.54) is 6.08 Å². The Labute approximate surface area is 144 Å². The Balaban J connectivity index is 1.72. The molecule has 3 nitrogen and oxygen atoms in total. The molecule has 1 aliphatic rings. The van der Waals surface area contributed by atoms with Crippen molar-refractivity contribution in [2.24, 2.45) is 0 Å². The minimum atomic E-state index is -0.192. The van der Waals surface area contributed by atoms with Crippen LogP contribution in [0.5, 0.6) is 5.75 Å². The van der Waals surface area contributed by atoms with E-state index in [0.717, 1.165) is 17.7 Å². The topological polar surface area (TPSA) is 38.3 Å². The molecular weight excluding hydrogens is 333 g/mol. The third-order valence-corrected chi connectivity index (χ3v) is 4.34. The van der Waals surface area contributed by atoms with Crippen molar-refractivity contribution in [3.63, 3.8) is 0 Å². The highest BCUT2D eigenvalue weighted by molar-refractivity contribution is 6.37. The Hall–Kier alpha value is -1.97. The highest BCUT2D eigenvalue weighted by Gasteiger charge is 2.21. The fourth-order valence-electron chi connectivity index (χ4n) is 2.54. The number of hydrogen-bond acceptors (Lipinski definition) is 2. The van der Waals surface area contributed by atoms with Gasteiger partial charge in [-0.15, -0.1) is 0 Å². The van der Waals surface area contributed by atoms with Crippen LogP contribution in [0.25, 0.3) is 6.08 Å². The van der Waals surface area contributed by atoms with Crippen LogP contribution in [0.3, 0.4) is 0 Å². The number of carbonyl (C=O) groups excluding carboxylic acids is 1. The van der Waals surface area contributed by atoms with Crippen LogP contribution >= 0.6 is 23.2 Å². The number of amides is 1. The molecule has 1 heterocycles.